The highest BCUT2D eigenvalue weighted by molar-refractivity contribution is 7.21. The summed E-state index contributed by atoms with van der Waals surface area (Å²) >= 11 is 9.34. The van der Waals surface area contributed by atoms with Gasteiger partial charge in [-0.2, -0.15) is 0 Å². The summed E-state index contributed by atoms with van der Waals surface area (Å²) in [4.78, 5) is 17.2. The molecule has 0 saturated carbocycles. The van der Waals surface area contributed by atoms with E-state index in [4.69, 9.17) is 11.6 Å². The summed E-state index contributed by atoms with van der Waals surface area (Å²) in [6, 6.07) is 7.78. The van der Waals surface area contributed by atoms with Crippen LogP contribution in [-0.2, 0) is 6.42 Å². The van der Waals surface area contributed by atoms with Crippen molar-refractivity contribution < 1.29 is 4.79 Å². The molecule has 2 aromatic heterocycles. The first kappa shape index (κ1) is 14.5. The van der Waals surface area contributed by atoms with Crippen molar-refractivity contribution in [2.45, 2.75) is 13.3 Å². The van der Waals surface area contributed by atoms with Crippen LogP contribution in [0.15, 0.2) is 29.6 Å². The zero-order chi connectivity index (χ0) is 14.8. The fourth-order valence-electron chi connectivity index (χ4n) is 2.07. The van der Waals surface area contributed by atoms with Crippen molar-refractivity contribution in [2.75, 3.05) is 6.54 Å². The number of halogens is 1. The molecule has 0 unspecified atom stereocenters. The Bertz CT molecular complexity index is 794. The largest absolute Gasteiger partial charge is 0.351 e. The van der Waals surface area contributed by atoms with E-state index >= 15 is 0 Å². The molecule has 0 bridgehead atoms. The second-order valence-corrected chi connectivity index (χ2v) is 7.10. The standard InChI is InChI=1S/C15H13ClN2OS2/c1-9-18-10(8-20-9)6-7-17-15(19)14-13(16)11-4-2-3-5-12(11)21-14/h2-5,8H,6-7H2,1H3,(H,17,19). The van der Waals surface area contributed by atoms with Gasteiger partial charge in [-0.1, -0.05) is 29.8 Å². The minimum Gasteiger partial charge on any atom is -0.351 e. The van der Waals surface area contributed by atoms with Gasteiger partial charge in [0.1, 0.15) is 4.88 Å². The highest BCUT2D eigenvalue weighted by Gasteiger charge is 2.16. The molecule has 0 atom stereocenters. The van der Waals surface area contributed by atoms with Crippen molar-refractivity contribution in [3.63, 3.8) is 0 Å². The van der Waals surface area contributed by atoms with Crippen molar-refractivity contribution in [1.82, 2.24) is 10.3 Å². The molecule has 3 aromatic rings. The first-order valence-electron chi connectivity index (χ1n) is 6.51. The maximum atomic E-state index is 12.2. The van der Waals surface area contributed by atoms with Gasteiger partial charge in [0, 0.05) is 28.4 Å². The van der Waals surface area contributed by atoms with Crippen molar-refractivity contribution >= 4 is 50.3 Å². The number of benzene rings is 1. The average Bonchev–Trinajstić information content (AvgIpc) is 3.03. The summed E-state index contributed by atoms with van der Waals surface area (Å²) in [5.41, 5.74) is 1.01. The van der Waals surface area contributed by atoms with Gasteiger partial charge in [0.2, 0.25) is 0 Å². The fourth-order valence-corrected chi connectivity index (χ4v) is 4.15. The Morgan fingerprint density at radius 3 is 2.90 bits per heavy atom. The third-order valence-electron chi connectivity index (χ3n) is 3.07. The molecule has 108 valence electrons. The van der Waals surface area contributed by atoms with Gasteiger partial charge >= 0.3 is 0 Å². The van der Waals surface area contributed by atoms with Gasteiger partial charge in [0.05, 0.1) is 15.7 Å². The molecule has 0 fully saturated rings. The third-order valence-corrected chi connectivity index (χ3v) is 5.57. The van der Waals surface area contributed by atoms with Crippen LogP contribution in [0, 0.1) is 6.92 Å². The average molecular weight is 337 g/mol. The van der Waals surface area contributed by atoms with E-state index in [1.165, 1.54) is 11.3 Å². The van der Waals surface area contributed by atoms with Gasteiger partial charge in [0.25, 0.3) is 5.91 Å². The molecule has 0 saturated heterocycles. The SMILES string of the molecule is Cc1nc(CCNC(=O)c2sc3ccccc3c2Cl)cs1. The lowest BCUT2D eigenvalue weighted by molar-refractivity contribution is 0.0958. The maximum absolute atomic E-state index is 12.2. The number of hydrogen-bond acceptors (Lipinski definition) is 4. The predicted molar refractivity (Wildman–Crippen MR) is 89.7 cm³/mol. The van der Waals surface area contributed by atoms with E-state index in [9.17, 15) is 4.79 Å². The number of rotatable bonds is 4. The Labute approximate surface area is 135 Å². The molecule has 0 aliphatic rings. The number of aryl methyl sites for hydroxylation is 1. The van der Waals surface area contributed by atoms with Crippen LogP contribution in [-0.4, -0.2) is 17.4 Å². The molecule has 2 heterocycles. The minimum atomic E-state index is -0.117. The van der Waals surface area contributed by atoms with E-state index in [1.54, 1.807) is 11.3 Å². The molecule has 0 aliphatic carbocycles. The van der Waals surface area contributed by atoms with Gasteiger partial charge in [0.15, 0.2) is 0 Å². The van der Waals surface area contributed by atoms with Gasteiger partial charge in [-0.3, -0.25) is 4.79 Å². The van der Waals surface area contributed by atoms with Crippen LogP contribution in [0.4, 0.5) is 0 Å². The van der Waals surface area contributed by atoms with Crippen LogP contribution in [0.25, 0.3) is 10.1 Å². The van der Waals surface area contributed by atoms with Gasteiger partial charge in [-0.15, -0.1) is 22.7 Å². The topological polar surface area (TPSA) is 42.0 Å². The second kappa shape index (κ2) is 6.13. The summed E-state index contributed by atoms with van der Waals surface area (Å²) in [7, 11) is 0. The van der Waals surface area contributed by atoms with E-state index in [-0.39, 0.29) is 5.91 Å². The smallest absolute Gasteiger partial charge is 0.262 e. The number of hydrogen-bond donors (Lipinski definition) is 1. The summed E-state index contributed by atoms with van der Waals surface area (Å²) < 4.78 is 1.03. The molecular weight excluding hydrogens is 324 g/mol. The van der Waals surface area contributed by atoms with E-state index in [2.05, 4.69) is 10.3 Å². The zero-order valence-corrected chi connectivity index (χ0v) is 13.7. The molecule has 3 nitrogen and oxygen atoms in total. The normalized spacial score (nSPS) is 11.0. The lowest BCUT2D eigenvalue weighted by Crippen LogP contribution is -2.25. The Kier molecular flexibility index (Phi) is 4.24. The van der Waals surface area contributed by atoms with E-state index < -0.39 is 0 Å². The number of thiophene rings is 1. The van der Waals surface area contributed by atoms with Gasteiger partial charge in [-0.05, 0) is 13.0 Å². The number of fused-ring (bicyclic) bond motifs is 1. The zero-order valence-electron chi connectivity index (χ0n) is 11.4. The molecule has 1 N–H and O–H groups in total. The summed E-state index contributed by atoms with van der Waals surface area (Å²) in [6.07, 6.45) is 0.735. The molecule has 1 aromatic carbocycles. The molecule has 3 rings (SSSR count). The van der Waals surface area contributed by atoms with Gasteiger partial charge in [-0.25, -0.2) is 4.98 Å². The summed E-state index contributed by atoms with van der Waals surface area (Å²) in [5.74, 6) is -0.117. The molecule has 21 heavy (non-hydrogen) atoms. The number of amides is 1. The molecular formula is C15H13ClN2OS2. The van der Waals surface area contributed by atoms with E-state index in [0.717, 1.165) is 27.2 Å². The monoisotopic (exact) mass is 336 g/mol. The first-order valence-corrected chi connectivity index (χ1v) is 8.59. The van der Waals surface area contributed by atoms with Crippen LogP contribution >= 0.6 is 34.3 Å². The van der Waals surface area contributed by atoms with Crippen molar-refractivity contribution in [3.8, 4) is 0 Å². The maximum Gasteiger partial charge on any atom is 0.262 e. The number of nitrogens with one attached hydrogen (secondary N) is 1. The van der Waals surface area contributed by atoms with Crippen LogP contribution in [0.3, 0.4) is 0 Å². The molecule has 6 heteroatoms. The van der Waals surface area contributed by atoms with Crippen LogP contribution in [0.5, 0.6) is 0 Å². The highest BCUT2D eigenvalue weighted by Crippen LogP contribution is 2.34. The molecule has 0 aliphatic heterocycles. The molecule has 1 amide bonds. The Balaban J connectivity index is 1.68. The van der Waals surface area contributed by atoms with Crippen molar-refractivity contribution in [3.05, 3.63) is 50.2 Å². The van der Waals surface area contributed by atoms with Crippen molar-refractivity contribution in [2.24, 2.45) is 0 Å². The van der Waals surface area contributed by atoms with Crippen LogP contribution in [0.1, 0.15) is 20.4 Å². The summed E-state index contributed by atoms with van der Waals surface area (Å²) in [6.45, 7) is 2.54. The second-order valence-electron chi connectivity index (χ2n) is 4.61. The number of thiazole rings is 1. The molecule has 0 radical (unpaired) electrons. The van der Waals surface area contributed by atoms with E-state index in [0.29, 0.717) is 16.4 Å². The Morgan fingerprint density at radius 1 is 1.38 bits per heavy atom. The third kappa shape index (κ3) is 3.10. The number of nitrogens with zero attached hydrogens (tertiary/aromatic N) is 1. The van der Waals surface area contributed by atoms with E-state index in [1.807, 2.05) is 36.6 Å². The van der Waals surface area contributed by atoms with Crippen LogP contribution < -0.4 is 5.32 Å². The quantitative estimate of drug-likeness (QED) is 0.772. The first-order chi connectivity index (χ1) is 10.1. The number of carbonyl (C=O) groups is 1. The predicted octanol–water partition coefficient (Wildman–Crippen LogP) is 4.29. The van der Waals surface area contributed by atoms with Crippen LogP contribution in [0.2, 0.25) is 5.02 Å². The fraction of sp³-hybridized carbons (Fsp3) is 0.200. The lowest BCUT2D eigenvalue weighted by Gasteiger charge is -2.02. The minimum absolute atomic E-state index is 0.117. The lowest BCUT2D eigenvalue weighted by atomic mass is 10.2. The molecule has 0 spiro atoms. The van der Waals surface area contributed by atoms with Gasteiger partial charge < -0.3 is 5.32 Å². The number of aromatic nitrogens is 1. The highest BCUT2D eigenvalue weighted by atomic mass is 35.5. The summed E-state index contributed by atoms with van der Waals surface area (Å²) in [5, 5.41) is 7.45. The van der Waals surface area contributed by atoms with Crippen molar-refractivity contribution in [1.29, 1.82) is 0 Å². The Hall–Kier alpha value is -1.43. The Morgan fingerprint density at radius 2 is 2.19 bits per heavy atom. The number of carbonyl (C=O) groups excluding carboxylic acids is 1.